The zero-order valence-corrected chi connectivity index (χ0v) is 18.0. The number of carbonyl (C=O) groups excluding carboxylic acids is 1. The number of aromatic nitrogens is 3. The molecule has 178 valence electrons. The molecule has 5 rings (SSSR count). The molecule has 0 saturated carbocycles. The van der Waals surface area contributed by atoms with E-state index in [1.54, 1.807) is 13.1 Å². The molecule has 0 bridgehead atoms. The molecule has 10 nitrogen and oxygen atoms in total. The van der Waals surface area contributed by atoms with Gasteiger partial charge in [-0.3, -0.25) is 10.2 Å². The summed E-state index contributed by atoms with van der Waals surface area (Å²) in [5.74, 6) is 0.359. The van der Waals surface area contributed by atoms with Gasteiger partial charge in [-0.05, 0) is 6.42 Å². The Bertz CT molecular complexity index is 1310. The summed E-state index contributed by atoms with van der Waals surface area (Å²) in [5, 5.41) is 11.6. The van der Waals surface area contributed by atoms with Gasteiger partial charge in [0, 0.05) is 43.9 Å². The largest absolute Gasteiger partial charge is 0.486 e. The summed E-state index contributed by atoms with van der Waals surface area (Å²) in [6, 6.07) is 4.12. The van der Waals surface area contributed by atoms with Crippen LogP contribution in [-0.2, 0) is 0 Å². The fraction of sp³-hybridized carbons (Fsp3) is 0.286. The molecule has 0 aliphatic carbocycles. The van der Waals surface area contributed by atoms with Crippen LogP contribution in [0.2, 0.25) is 0 Å². The minimum Gasteiger partial charge on any atom is -0.486 e. The van der Waals surface area contributed by atoms with E-state index in [1.807, 2.05) is 0 Å². The molecule has 1 saturated heterocycles. The van der Waals surface area contributed by atoms with E-state index in [9.17, 15) is 18.0 Å². The lowest BCUT2D eigenvalue weighted by Gasteiger charge is -2.21. The number of benzene rings is 1. The average molecular weight is 475 g/mol. The van der Waals surface area contributed by atoms with Gasteiger partial charge in [-0.2, -0.15) is 18.4 Å². The number of hydrazine groups is 1. The first-order valence-electron chi connectivity index (χ1n) is 10.4. The summed E-state index contributed by atoms with van der Waals surface area (Å²) in [6.07, 6.45) is -0.207. The summed E-state index contributed by atoms with van der Waals surface area (Å²) in [4.78, 5) is 17.4. The van der Waals surface area contributed by atoms with Crippen LogP contribution in [0, 0.1) is 5.82 Å². The molecule has 2 aromatic heterocycles. The van der Waals surface area contributed by atoms with Gasteiger partial charge < -0.3 is 20.1 Å². The van der Waals surface area contributed by atoms with Crippen molar-refractivity contribution in [2.24, 2.45) is 0 Å². The van der Waals surface area contributed by atoms with Gasteiger partial charge in [-0.1, -0.05) is 0 Å². The normalized spacial score (nSPS) is 15.5. The third-order valence-electron chi connectivity index (χ3n) is 5.43. The Kier molecular flexibility index (Phi) is 5.61. The minimum atomic E-state index is -1.72. The highest BCUT2D eigenvalue weighted by Gasteiger charge is 2.25. The second-order valence-electron chi connectivity index (χ2n) is 7.65. The maximum absolute atomic E-state index is 14.1. The zero-order valence-electron chi connectivity index (χ0n) is 18.0. The molecule has 0 radical (unpaired) electrons. The fourth-order valence-corrected chi connectivity index (χ4v) is 3.83. The third kappa shape index (κ3) is 4.05. The molecular weight excluding hydrogens is 455 g/mol. The van der Waals surface area contributed by atoms with Crippen molar-refractivity contribution < 1.29 is 27.4 Å². The SMILES string of the molecule is CNc1cc(Nc2cc(F)cc3c2OCCO3)nc2c(C(=O)NN3CCC(=C(F)F)C3)cnn12. The molecule has 0 unspecified atom stereocenters. The number of anilines is 3. The van der Waals surface area contributed by atoms with Crippen LogP contribution in [0.3, 0.4) is 0 Å². The molecule has 13 heteroatoms. The third-order valence-corrected chi connectivity index (χ3v) is 5.43. The summed E-state index contributed by atoms with van der Waals surface area (Å²) < 4.78 is 52.3. The molecule has 2 aliphatic heterocycles. The predicted octanol–water partition coefficient (Wildman–Crippen LogP) is 2.93. The maximum Gasteiger partial charge on any atom is 0.271 e. The van der Waals surface area contributed by atoms with Crippen molar-refractivity contribution in [3.05, 3.63) is 47.4 Å². The quantitative estimate of drug-likeness (QED) is 0.518. The number of amides is 1. The van der Waals surface area contributed by atoms with E-state index in [0.29, 0.717) is 36.3 Å². The number of halogens is 3. The van der Waals surface area contributed by atoms with Gasteiger partial charge in [0.1, 0.15) is 36.2 Å². The summed E-state index contributed by atoms with van der Waals surface area (Å²) >= 11 is 0. The number of ether oxygens (including phenoxy) is 2. The van der Waals surface area contributed by atoms with Gasteiger partial charge in [-0.15, -0.1) is 0 Å². The molecule has 2 aliphatic rings. The Hall–Kier alpha value is -4.00. The van der Waals surface area contributed by atoms with Gasteiger partial charge in [0.2, 0.25) is 0 Å². The lowest BCUT2D eigenvalue weighted by atomic mass is 10.2. The van der Waals surface area contributed by atoms with Crippen LogP contribution in [0.25, 0.3) is 5.65 Å². The number of hydrogen-bond donors (Lipinski definition) is 3. The van der Waals surface area contributed by atoms with E-state index in [2.05, 4.69) is 26.1 Å². The molecule has 4 heterocycles. The van der Waals surface area contributed by atoms with Gasteiger partial charge in [-0.25, -0.2) is 14.4 Å². The van der Waals surface area contributed by atoms with Gasteiger partial charge >= 0.3 is 0 Å². The molecular formula is C21H20F3N7O3. The van der Waals surface area contributed by atoms with E-state index in [1.165, 1.54) is 27.9 Å². The number of fused-ring (bicyclic) bond motifs is 2. The van der Waals surface area contributed by atoms with E-state index in [4.69, 9.17) is 9.47 Å². The molecule has 3 aromatic rings. The number of nitrogens with zero attached hydrogens (tertiary/aromatic N) is 4. The predicted molar refractivity (Wildman–Crippen MR) is 116 cm³/mol. The van der Waals surface area contributed by atoms with Crippen LogP contribution < -0.4 is 25.5 Å². The molecule has 1 aromatic carbocycles. The van der Waals surface area contributed by atoms with Crippen molar-refractivity contribution in [1.82, 2.24) is 25.0 Å². The summed E-state index contributed by atoms with van der Waals surface area (Å²) in [5.41, 5.74) is 3.27. The second-order valence-corrected chi connectivity index (χ2v) is 7.65. The summed E-state index contributed by atoms with van der Waals surface area (Å²) in [6.45, 7) is 0.840. The van der Waals surface area contributed by atoms with Gasteiger partial charge in [0.25, 0.3) is 12.0 Å². The van der Waals surface area contributed by atoms with E-state index in [0.717, 1.165) is 0 Å². The van der Waals surface area contributed by atoms with Crippen molar-refractivity contribution in [2.45, 2.75) is 6.42 Å². The standard InChI is InChI=1S/C21H20F3N7O3/c1-25-17-8-16(27-14-6-12(22)7-15-18(14)34-5-4-33-15)28-20-13(9-26-31(17)20)21(32)29-30-3-2-11(10-30)19(23)24/h6-9,25H,2-5,10H2,1H3,(H,27,28)(H,29,32). The Balaban J connectivity index is 1.46. The fourth-order valence-electron chi connectivity index (χ4n) is 3.83. The lowest BCUT2D eigenvalue weighted by molar-refractivity contribution is 0.0830. The molecule has 0 atom stereocenters. The lowest BCUT2D eigenvalue weighted by Crippen LogP contribution is -2.40. The number of nitrogens with one attached hydrogen (secondary N) is 3. The van der Waals surface area contributed by atoms with Crippen LogP contribution >= 0.6 is 0 Å². The Morgan fingerprint density at radius 3 is 2.76 bits per heavy atom. The van der Waals surface area contributed by atoms with Crippen LogP contribution in [0.5, 0.6) is 11.5 Å². The highest BCUT2D eigenvalue weighted by Crippen LogP contribution is 2.40. The van der Waals surface area contributed by atoms with E-state index < -0.39 is 17.8 Å². The van der Waals surface area contributed by atoms with Gasteiger partial charge in [0.05, 0.1) is 11.9 Å². The Morgan fingerprint density at radius 1 is 1.18 bits per heavy atom. The molecule has 0 spiro atoms. The Morgan fingerprint density at radius 2 is 2.00 bits per heavy atom. The van der Waals surface area contributed by atoms with Crippen LogP contribution in [0.4, 0.5) is 30.5 Å². The smallest absolute Gasteiger partial charge is 0.271 e. The number of carbonyl (C=O) groups is 1. The van der Waals surface area contributed by atoms with Crippen molar-refractivity contribution in [3.8, 4) is 11.5 Å². The van der Waals surface area contributed by atoms with Crippen molar-refractivity contribution in [2.75, 3.05) is 44.0 Å². The van der Waals surface area contributed by atoms with Crippen LogP contribution in [0.1, 0.15) is 16.8 Å². The minimum absolute atomic E-state index is 0.00753. The molecule has 1 amide bonds. The Labute approximate surface area is 191 Å². The van der Waals surface area contributed by atoms with E-state index in [-0.39, 0.29) is 42.0 Å². The van der Waals surface area contributed by atoms with Gasteiger partial charge in [0.15, 0.2) is 17.1 Å². The molecule has 34 heavy (non-hydrogen) atoms. The molecule has 3 N–H and O–H groups in total. The monoisotopic (exact) mass is 475 g/mol. The highest BCUT2D eigenvalue weighted by molar-refractivity contribution is 5.99. The average Bonchev–Trinajstić information content (AvgIpc) is 3.46. The number of rotatable bonds is 5. The topological polar surface area (TPSA) is 105 Å². The summed E-state index contributed by atoms with van der Waals surface area (Å²) in [7, 11) is 1.67. The highest BCUT2D eigenvalue weighted by atomic mass is 19.3. The van der Waals surface area contributed by atoms with Crippen molar-refractivity contribution in [1.29, 1.82) is 0 Å². The first kappa shape index (κ1) is 21.8. The van der Waals surface area contributed by atoms with Crippen molar-refractivity contribution >= 4 is 28.9 Å². The first-order chi connectivity index (χ1) is 16.4. The second kappa shape index (κ2) is 8.74. The maximum atomic E-state index is 14.1. The first-order valence-corrected chi connectivity index (χ1v) is 10.4. The van der Waals surface area contributed by atoms with E-state index >= 15 is 0 Å². The molecule has 1 fully saturated rings. The van der Waals surface area contributed by atoms with Crippen LogP contribution in [-0.4, -0.2) is 58.9 Å². The zero-order chi connectivity index (χ0) is 23.8. The van der Waals surface area contributed by atoms with Crippen molar-refractivity contribution in [3.63, 3.8) is 0 Å². The van der Waals surface area contributed by atoms with Crippen LogP contribution in [0.15, 0.2) is 36.0 Å². The number of hydrogen-bond acceptors (Lipinski definition) is 8.